The van der Waals surface area contributed by atoms with E-state index in [1.165, 1.54) is 62.5 Å². The Morgan fingerprint density at radius 1 is 1.05 bits per heavy atom. The Morgan fingerprint density at radius 3 is 2.33 bits per heavy atom. The molecule has 21 heavy (non-hydrogen) atoms. The molecule has 2 nitrogen and oxygen atoms in total. The van der Waals surface area contributed by atoms with E-state index in [2.05, 4.69) is 37.4 Å². The predicted octanol–water partition coefficient (Wildman–Crippen LogP) is 5.40. The fourth-order valence-corrected chi connectivity index (χ4v) is 2.89. The normalized spacial score (nSPS) is 12.4. The molecule has 0 aliphatic carbocycles. The lowest BCUT2D eigenvalue weighted by Crippen LogP contribution is -2.17. The molecule has 1 atom stereocenters. The highest BCUT2D eigenvalue weighted by Gasteiger charge is 2.14. The van der Waals surface area contributed by atoms with Crippen molar-refractivity contribution in [1.82, 2.24) is 5.32 Å². The molecule has 0 aromatic heterocycles. The van der Waals surface area contributed by atoms with Gasteiger partial charge in [0, 0.05) is 11.6 Å². The number of ether oxygens (including phenoxy) is 1. The van der Waals surface area contributed by atoms with Crippen LogP contribution >= 0.6 is 0 Å². The first-order valence-corrected chi connectivity index (χ1v) is 8.54. The van der Waals surface area contributed by atoms with Crippen LogP contribution in [0.1, 0.15) is 75.5 Å². The first-order valence-electron chi connectivity index (χ1n) is 8.54. The Balaban J connectivity index is 2.42. The molecule has 0 aliphatic rings. The summed E-state index contributed by atoms with van der Waals surface area (Å²) in [5, 5.41) is 3.45. The average Bonchev–Trinajstić information content (AvgIpc) is 2.50. The van der Waals surface area contributed by atoms with Crippen LogP contribution in [0.15, 0.2) is 18.2 Å². The van der Waals surface area contributed by atoms with Gasteiger partial charge in [-0.25, -0.2) is 0 Å². The van der Waals surface area contributed by atoms with Gasteiger partial charge in [0.2, 0.25) is 0 Å². The number of unbranched alkanes of at least 4 members (excludes halogenated alkanes) is 6. The largest absolute Gasteiger partial charge is 0.496 e. The van der Waals surface area contributed by atoms with Crippen molar-refractivity contribution in [3.05, 3.63) is 29.3 Å². The van der Waals surface area contributed by atoms with Crippen molar-refractivity contribution in [2.24, 2.45) is 0 Å². The topological polar surface area (TPSA) is 21.3 Å². The van der Waals surface area contributed by atoms with Crippen LogP contribution in [0.25, 0.3) is 0 Å². The molecule has 0 saturated heterocycles. The summed E-state index contributed by atoms with van der Waals surface area (Å²) in [6, 6.07) is 6.85. The van der Waals surface area contributed by atoms with Gasteiger partial charge in [-0.05, 0) is 26.5 Å². The summed E-state index contributed by atoms with van der Waals surface area (Å²) in [5.74, 6) is 1.00. The molecule has 1 N–H and O–H groups in total. The Bertz CT molecular complexity index is 389. The first-order chi connectivity index (χ1) is 10.2. The number of benzene rings is 1. The van der Waals surface area contributed by atoms with Crippen LogP contribution in [0.4, 0.5) is 0 Å². The zero-order valence-electron chi connectivity index (χ0n) is 14.4. The van der Waals surface area contributed by atoms with Crippen LogP contribution in [0.2, 0.25) is 0 Å². The van der Waals surface area contributed by atoms with E-state index < -0.39 is 0 Å². The maximum absolute atomic E-state index is 5.51. The Labute approximate surface area is 131 Å². The molecule has 0 heterocycles. The van der Waals surface area contributed by atoms with Crippen LogP contribution in [0.3, 0.4) is 0 Å². The smallest absolute Gasteiger partial charge is 0.123 e. The minimum absolute atomic E-state index is 0.399. The van der Waals surface area contributed by atoms with E-state index in [9.17, 15) is 0 Å². The van der Waals surface area contributed by atoms with Crippen LogP contribution in [-0.4, -0.2) is 14.2 Å². The highest BCUT2D eigenvalue weighted by atomic mass is 16.5. The standard InChI is InChI=1S/C19H33NO/c1-5-6-7-8-9-10-11-12-18(20-3)17-15-16(2)13-14-19(17)21-4/h13-15,18,20H,5-12H2,1-4H3. The molecule has 0 radical (unpaired) electrons. The Kier molecular flexibility index (Phi) is 9.16. The van der Waals surface area contributed by atoms with E-state index in [-0.39, 0.29) is 0 Å². The fourth-order valence-electron chi connectivity index (χ4n) is 2.89. The number of aryl methyl sites for hydroxylation is 1. The van der Waals surface area contributed by atoms with E-state index in [4.69, 9.17) is 4.74 Å². The second kappa shape index (κ2) is 10.7. The lowest BCUT2D eigenvalue weighted by molar-refractivity contribution is 0.396. The van der Waals surface area contributed by atoms with Gasteiger partial charge in [0.25, 0.3) is 0 Å². The maximum atomic E-state index is 5.51. The van der Waals surface area contributed by atoms with Gasteiger partial charge in [0.1, 0.15) is 5.75 Å². The highest BCUT2D eigenvalue weighted by molar-refractivity contribution is 5.39. The van der Waals surface area contributed by atoms with Crippen molar-refractivity contribution in [2.45, 2.75) is 71.3 Å². The third-order valence-electron chi connectivity index (χ3n) is 4.21. The van der Waals surface area contributed by atoms with Gasteiger partial charge in [-0.2, -0.15) is 0 Å². The Hall–Kier alpha value is -1.02. The van der Waals surface area contributed by atoms with Crippen LogP contribution in [0.5, 0.6) is 5.75 Å². The van der Waals surface area contributed by atoms with Crippen LogP contribution < -0.4 is 10.1 Å². The van der Waals surface area contributed by atoms with Crippen molar-refractivity contribution in [2.75, 3.05) is 14.2 Å². The molecule has 120 valence electrons. The summed E-state index contributed by atoms with van der Waals surface area (Å²) in [6.07, 6.45) is 10.7. The summed E-state index contributed by atoms with van der Waals surface area (Å²) >= 11 is 0. The van der Waals surface area contributed by atoms with E-state index >= 15 is 0 Å². The minimum atomic E-state index is 0.399. The minimum Gasteiger partial charge on any atom is -0.496 e. The molecule has 1 aromatic rings. The molecule has 0 spiro atoms. The molecule has 2 heteroatoms. The number of hydrogen-bond acceptors (Lipinski definition) is 2. The third-order valence-corrected chi connectivity index (χ3v) is 4.21. The second-order valence-electron chi connectivity index (χ2n) is 6.00. The molecule has 1 unspecified atom stereocenters. The molecule has 1 aromatic carbocycles. The van der Waals surface area contributed by atoms with Crippen LogP contribution in [-0.2, 0) is 0 Å². The number of methoxy groups -OCH3 is 1. The molecular weight excluding hydrogens is 258 g/mol. The molecular formula is C19H33NO. The van der Waals surface area contributed by atoms with Crippen molar-refractivity contribution >= 4 is 0 Å². The van der Waals surface area contributed by atoms with E-state index in [0.29, 0.717) is 6.04 Å². The second-order valence-corrected chi connectivity index (χ2v) is 6.00. The van der Waals surface area contributed by atoms with Crippen molar-refractivity contribution < 1.29 is 4.74 Å². The van der Waals surface area contributed by atoms with Gasteiger partial charge < -0.3 is 10.1 Å². The summed E-state index contributed by atoms with van der Waals surface area (Å²) < 4.78 is 5.51. The lowest BCUT2D eigenvalue weighted by Gasteiger charge is -2.20. The SMILES string of the molecule is CCCCCCCCCC(NC)c1cc(C)ccc1OC. The van der Waals surface area contributed by atoms with Crippen molar-refractivity contribution in [1.29, 1.82) is 0 Å². The molecule has 0 fully saturated rings. The molecule has 0 amide bonds. The monoisotopic (exact) mass is 291 g/mol. The van der Waals surface area contributed by atoms with E-state index in [1.54, 1.807) is 7.11 Å². The Morgan fingerprint density at radius 2 is 1.71 bits per heavy atom. The van der Waals surface area contributed by atoms with Crippen molar-refractivity contribution in [3.8, 4) is 5.75 Å². The highest BCUT2D eigenvalue weighted by Crippen LogP contribution is 2.29. The zero-order valence-corrected chi connectivity index (χ0v) is 14.4. The summed E-state index contributed by atoms with van der Waals surface area (Å²) in [7, 11) is 3.81. The van der Waals surface area contributed by atoms with Gasteiger partial charge in [0.15, 0.2) is 0 Å². The molecule has 0 saturated carbocycles. The number of nitrogens with one attached hydrogen (secondary N) is 1. The number of hydrogen-bond donors (Lipinski definition) is 1. The fraction of sp³-hybridized carbons (Fsp3) is 0.684. The maximum Gasteiger partial charge on any atom is 0.123 e. The quantitative estimate of drug-likeness (QED) is 0.551. The third kappa shape index (κ3) is 6.52. The van der Waals surface area contributed by atoms with Gasteiger partial charge >= 0.3 is 0 Å². The lowest BCUT2D eigenvalue weighted by atomic mass is 9.97. The summed E-state index contributed by atoms with van der Waals surface area (Å²) in [6.45, 7) is 4.41. The van der Waals surface area contributed by atoms with E-state index in [1.807, 2.05) is 7.05 Å². The van der Waals surface area contributed by atoms with Crippen molar-refractivity contribution in [3.63, 3.8) is 0 Å². The molecule has 0 aliphatic heterocycles. The molecule has 1 rings (SSSR count). The first kappa shape index (κ1) is 18.0. The van der Waals surface area contributed by atoms with Gasteiger partial charge in [-0.1, -0.05) is 69.6 Å². The zero-order chi connectivity index (χ0) is 15.5. The van der Waals surface area contributed by atoms with Gasteiger partial charge in [0.05, 0.1) is 7.11 Å². The number of rotatable bonds is 11. The van der Waals surface area contributed by atoms with Crippen LogP contribution in [0, 0.1) is 6.92 Å². The predicted molar refractivity (Wildman–Crippen MR) is 92.1 cm³/mol. The van der Waals surface area contributed by atoms with Gasteiger partial charge in [-0.15, -0.1) is 0 Å². The average molecular weight is 291 g/mol. The summed E-state index contributed by atoms with van der Waals surface area (Å²) in [5.41, 5.74) is 2.59. The van der Waals surface area contributed by atoms with E-state index in [0.717, 1.165) is 5.75 Å². The molecule has 0 bridgehead atoms. The van der Waals surface area contributed by atoms with Gasteiger partial charge in [-0.3, -0.25) is 0 Å². The summed E-state index contributed by atoms with van der Waals surface area (Å²) in [4.78, 5) is 0.